The summed E-state index contributed by atoms with van der Waals surface area (Å²) in [5.41, 5.74) is 16.5. The number of rotatable bonds is 42. The minimum absolute atomic E-state index is 0.00779. The number of aliphatic hydroxyl groups is 9. The average molecular weight is 1750 g/mol. The first-order valence-corrected chi connectivity index (χ1v) is 42.0. The highest BCUT2D eigenvalue weighted by molar-refractivity contribution is 6.33. The normalized spacial score (nSPS) is 30.0. The maximum Gasteiger partial charge on any atom is 0.187 e. The van der Waals surface area contributed by atoms with Gasteiger partial charge >= 0.3 is 0 Å². The summed E-state index contributed by atoms with van der Waals surface area (Å²) in [5.74, 6) is 0. The number of halogens is 1. The third-order valence-corrected chi connectivity index (χ3v) is 22.5. The van der Waals surface area contributed by atoms with Gasteiger partial charge in [-0.1, -0.05) is 265 Å². The highest BCUT2D eigenvalue weighted by Gasteiger charge is 2.59. The van der Waals surface area contributed by atoms with Gasteiger partial charge in [0.25, 0.3) is 0 Å². The lowest BCUT2D eigenvalue weighted by Crippen LogP contribution is -2.68. The second-order valence-corrected chi connectivity index (χ2v) is 31.5. The molecule has 5 fully saturated rings. The van der Waals surface area contributed by atoms with E-state index in [-0.39, 0.29) is 96.6 Å². The molecule has 5 aliphatic rings. The summed E-state index contributed by atoms with van der Waals surface area (Å²) in [4.78, 5) is 2.91. The van der Waals surface area contributed by atoms with Crippen LogP contribution in [-0.2, 0) is 151 Å². The van der Waals surface area contributed by atoms with Crippen molar-refractivity contribution in [3.8, 4) is 0 Å². The van der Waals surface area contributed by atoms with Gasteiger partial charge in [-0.05, 0) is 67.2 Å². The Kier molecular flexibility index (Phi) is 34.8. The lowest BCUT2D eigenvalue weighted by molar-refractivity contribution is -0.400. The molecule has 125 heavy (non-hydrogen) atoms. The van der Waals surface area contributed by atoms with Gasteiger partial charge < -0.3 is 131 Å². The molecule has 0 saturated carbocycles. The summed E-state index contributed by atoms with van der Waals surface area (Å²) in [7, 11) is 0. The van der Waals surface area contributed by atoms with Crippen LogP contribution in [0.3, 0.4) is 0 Å². The van der Waals surface area contributed by atoms with E-state index >= 15 is 0 Å². The van der Waals surface area contributed by atoms with Gasteiger partial charge in [-0.3, -0.25) is 0 Å². The van der Waals surface area contributed by atoms with E-state index < -0.39 is 167 Å². The molecule has 9 aromatic rings. The lowest BCUT2D eigenvalue weighted by Gasteiger charge is -2.51. The lowest BCUT2D eigenvalue weighted by atomic mass is 9.94. The van der Waals surface area contributed by atoms with E-state index in [0.29, 0.717) is 33.4 Å². The number of hydrogen-bond acceptors (Lipinski definition) is 28. The molecule has 9 N–H and O–H groups in total. The fourth-order valence-electron chi connectivity index (χ4n) is 15.5. The van der Waals surface area contributed by atoms with Gasteiger partial charge in [0.1, 0.15) is 122 Å². The van der Waals surface area contributed by atoms with E-state index in [1.54, 1.807) is 66.7 Å². The second-order valence-electron chi connectivity index (χ2n) is 31.1. The molecule has 0 aliphatic carbocycles. The Labute approximate surface area is 728 Å². The summed E-state index contributed by atoms with van der Waals surface area (Å²) in [6.07, 6.45) is -40.9. The van der Waals surface area contributed by atoms with Crippen molar-refractivity contribution in [2.24, 2.45) is 5.11 Å². The molecule has 14 rings (SSSR count). The van der Waals surface area contributed by atoms with E-state index in [2.05, 4.69) is 10.0 Å². The van der Waals surface area contributed by atoms with Crippen LogP contribution in [0.2, 0.25) is 5.02 Å². The molecule has 666 valence electrons. The van der Waals surface area contributed by atoms with Gasteiger partial charge in [-0.2, -0.15) is 0 Å². The molecule has 5 aliphatic heterocycles. The highest BCUT2D eigenvalue weighted by atomic mass is 35.5. The summed E-state index contributed by atoms with van der Waals surface area (Å²) in [6.45, 7) is -2.88. The van der Waals surface area contributed by atoms with E-state index in [0.717, 1.165) is 22.3 Å². The van der Waals surface area contributed by atoms with Gasteiger partial charge in [0.2, 0.25) is 0 Å². The zero-order chi connectivity index (χ0) is 86.8. The standard InChI is InChI=1S/C94H106ClN3O27/c95-68-42-67(40-41-69(68)97-98-96)53-115-86-78(104)92(120-71(54-108-45-59-22-8-1-9-23-59)82(86)111-48-62-28-14-4-15-29-62)124-88-80(106)93(121-73(56-110-47-61-26-12-3-13-27-61)84(88)113-50-64-32-18-6-19-33-64)125-89-81(107)94(122-74(85(89)114-51-65-34-20-7-21-35-65)57-117-90-77(103)76(102)75(101)70(44-100)118-90)123-87-79(105)91(116-52-66-38-36-58(43-99)37-39-66)119-72(55-109-46-60-24-10-2-11-25-60)83(87)112-49-63-30-16-5-17-31-63/h1-42,70-94,99-107H,43-57H2/t70-,71-,72-,73-,74-,75-,76+,77-,78-,79-,80-,81-,82-,83-,84-,85-,86-,87-,88-,89-,90-,91-,92+,93+,94+/m1/s1. The molecule has 0 bridgehead atoms. The first-order chi connectivity index (χ1) is 61.1. The van der Waals surface area contributed by atoms with Crippen LogP contribution in [0.4, 0.5) is 5.69 Å². The van der Waals surface area contributed by atoms with Crippen LogP contribution >= 0.6 is 11.6 Å². The summed E-state index contributed by atoms with van der Waals surface area (Å²) in [5, 5.41) is 112. The molecule has 0 amide bonds. The number of azide groups is 1. The molecular formula is C94H106ClN3O27. The Morgan fingerprint density at radius 3 is 0.936 bits per heavy atom. The molecule has 0 spiro atoms. The van der Waals surface area contributed by atoms with Crippen LogP contribution in [-0.4, -0.2) is 233 Å². The fourth-order valence-corrected chi connectivity index (χ4v) is 15.7. The Bertz CT molecular complexity index is 4670. The molecule has 5 heterocycles. The van der Waals surface area contributed by atoms with Crippen LogP contribution in [0, 0.1) is 0 Å². The number of aliphatic hydroxyl groups excluding tert-OH is 9. The van der Waals surface area contributed by atoms with E-state index in [4.69, 9.17) is 96.9 Å². The molecule has 5 saturated heterocycles. The molecule has 25 atom stereocenters. The van der Waals surface area contributed by atoms with Crippen molar-refractivity contribution in [3.05, 3.63) is 326 Å². The number of nitrogens with zero attached hydrogens (tertiary/aromatic N) is 3. The average Bonchev–Trinajstić information content (AvgIpc) is 0.761. The zero-order valence-electron chi connectivity index (χ0n) is 68.4. The Morgan fingerprint density at radius 2 is 0.568 bits per heavy atom. The van der Waals surface area contributed by atoms with Gasteiger partial charge in [-0.25, -0.2) is 0 Å². The zero-order valence-corrected chi connectivity index (χ0v) is 69.1. The molecule has 9 aromatic carbocycles. The van der Waals surface area contributed by atoms with Crippen molar-refractivity contribution in [1.29, 1.82) is 0 Å². The van der Waals surface area contributed by atoms with E-state index in [1.165, 1.54) is 6.07 Å². The largest absolute Gasteiger partial charge is 0.394 e. The van der Waals surface area contributed by atoms with Gasteiger partial charge in [0.15, 0.2) is 31.5 Å². The Morgan fingerprint density at radius 1 is 0.280 bits per heavy atom. The van der Waals surface area contributed by atoms with Crippen LogP contribution in [0.5, 0.6) is 0 Å². The number of hydrogen-bond donors (Lipinski definition) is 9. The van der Waals surface area contributed by atoms with Crippen molar-refractivity contribution in [3.63, 3.8) is 0 Å². The maximum absolute atomic E-state index is 13.8. The summed E-state index contributed by atoms with van der Waals surface area (Å²) >= 11 is 6.67. The van der Waals surface area contributed by atoms with E-state index in [9.17, 15) is 51.5 Å². The van der Waals surface area contributed by atoms with Gasteiger partial charge in [0, 0.05) is 4.91 Å². The smallest absolute Gasteiger partial charge is 0.187 e. The van der Waals surface area contributed by atoms with Crippen LogP contribution in [0.25, 0.3) is 10.4 Å². The Hall–Kier alpha value is -8.50. The van der Waals surface area contributed by atoms with Crippen molar-refractivity contribution < 1.29 is 131 Å². The fraction of sp³-hybridized carbons (Fsp3) is 0.426. The van der Waals surface area contributed by atoms with Crippen LogP contribution in [0.15, 0.2) is 260 Å². The van der Waals surface area contributed by atoms with Crippen molar-refractivity contribution in [1.82, 2.24) is 0 Å². The molecule has 31 heteroatoms. The minimum atomic E-state index is -2.09. The SMILES string of the molecule is [N-]=[N+]=Nc1ccc(CO[C@@H]2[C@@H](O)[C@H](O[C@@H]3[C@@H](O)[C@H](O[C@@H]4[C@@H](O)[C@H](O[C@@H]5[C@@H](O)[C@H](OCc6ccc(CO)cc6)O[C@H](COCc6ccccc6)[C@H]5OCc5ccccc5)O[C@H](CO[C@@H]5O[C@H](CO)[C@@H](O)[C@H](O)[C@H]5O)[C@H]4OCc4ccccc4)O[C@H](COCc4ccccc4)[C@H]3OCc3ccccc3)O[C@H](COCc3ccccc3)[C@H]2OCc2ccccc2)cc1Cl. The van der Waals surface area contributed by atoms with Gasteiger partial charge in [-0.15, -0.1) is 0 Å². The molecule has 30 nitrogen and oxygen atoms in total. The Balaban J connectivity index is 0.863. The minimum Gasteiger partial charge on any atom is -0.394 e. The predicted octanol–water partition coefficient (Wildman–Crippen LogP) is 9.18. The monoisotopic (exact) mass is 1740 g/mol. The third-order valence-electron chi connectivity index (χ3n) is 22.2. The molecule has 0 unspecified atom stereocenters. The topological polar surface area (TPSA) is 397 Å². The van der Waals surface area contributed by atoms with Crippen LogP contribution < -0.4 is 0 Å². The van der Waals surface area contributed by atoms with Crippen molar-refractivity contribution >= 4 is 17.3 Å². The van der Waals surface area contributed by atoms with Crippen molar-refractivity contribution in [2.45, 2.75) is 220 Å². The summed E-state index contributed by atoms with van der Waals surface area (Å²) in [6, 6.07) is 76.5. The first-order valence-electron chi connectivity index (χ1n) is 41.6. The molecular weight excluding hydrogens is 1640 g/mol. The van der Waals surface area contributed by atoms with E-state index in [1.807, 2.05) is 182 Å². The summed E-state index contributed by atoms with van der Waals surface area (Å²) < 4.78 is 122. The second kappa shape index (κ2) is 47.0. The molecule has 0 radical (unpaired) electrons. The predicted molar refractivity (Wildman–Crippen MR) is 447 cm³/mol. The maximum atomic E-state index is 13.8. The third kappa shape index (κ3) is 25.3. The van der Waals surface area contributed by atoms with Crippen LogP contribution in [0.1, 0.15) is 55.6 Å². The number of ether oxygens (including phenoxy) is 18. The number of benzene rings is 9. The van der Waals surface area contributed by atoms with Crippen molar-refractivity contribution in [2.75, 3.05) is 33.0 Å². The first kappa shape index (κ1) is 92.7. The quantitative estimate of drug-likeness (QED) is 0.00977. The highest BCUT2D eigenvalue weighted by Crippen LogP contribution is 2.41. The molecule has 0 aromatic heterocycles. The van der Waals surface area contributed by atoms with Gasteiger partial charge in [0.05, 0.1) is 110 Å².